The van der Waals surface area contributed by atoms with E-state index in [9.17, 15) is 4.79 Å². The predicted molar refractivity (Wildman–Crippen MR) is 101 cm³/mol. The van der Waals surface area contributed by atoms with Gasteiger partial charge >= 0.3 is 0 Å². The van der Waals surface area contributed by atoms with Crippen LogP contribution in [0.5, 0.6) is 11.5 Å². The van der Waals surface area contributed by atoms with Gasteiger partial charge in [0.1, 0.15) is 0 Å². The van der Waals surface area contributed by atoms with Gasteiger partial charge in [-0.2, -0.15) is 0 Å². The van der Waals surface area contributed by atoms with Gasteiger partial charge in [0.05, 0.1) is 5.75 Å². The summed E-state index contributed by atoms with van der Waals surface area (Å²) < 4.78 is 16.3. The third-order valence-corrected chi connectivity index (χ3v) is 6.22. The first-order valence-electron chi connectivity index (χ1n) is 9.26. The van der Waals surface area contributed by atoms with Crippen LogP contribution in [-0.4, -0.2) is 34.7 Å². The summed E-state index contributed by atoms with van der Waals surface area (Å²) in [6.45, 7) is 4.70. The Morgan fingerprint density at radius 1 is 1.22 bits per heavy atom. The lowest BCUT2D eigenvalue weighted by Crippen LogP contribution is -2.44. The summed E-state index contributed by atoms with van der Waals surface area (Å²) in [6, 6.07) is 5.72. The highest BCUT2D eigenvalue weighted by Gasteiger charge is 2.28. The predicted octanol–water partition coefficient (Wildman–Crippen LogP) is 3.50. The van der Waals surface area contributed by atoms with E-state index in [2.05, 4.69) is 29.4 Å². The molecule has 1 N–H and O–H groups in total. The van der Waals surface area contributed by atoms with Gasteiger partial charge in [0.25, 0.3) is 5.22 Å². The number of ether oxygens (including phenoxy) is 2. The van der Waals surface area contributed by atoms with E-state index in [0.29, 0.717) is 34.4 Å². The maximum atomic E-state index is 12.3. The smallest absolute Gasteiger partial charge is 0.277 e. The minimum absolute atomic E-state index is 0.00813. The first-order valence-corrected chi connectivity index (χ1v) is 10.2. The van der Waals surface area contributed by atoms with Crippen molar-refractivity contribution in [2.45, 2.75) is 44.4 Å². The van der Waals surface area contributed by atoms with Gasteiger partial charge in [-0.05, 0) is 36.5 Å². The zero-order valence-corrected chi connectivity index (χ0v) is 16.3. The first kappa shape index (κ1) is 18.2. The quantitative estimate of drug-likeness (QED) is 0.783. The van der Waals surface area contributed by atoms with Gasteiger partial charge in [0.2, 0.25) is 18.6 Å². The largest absolute Gasteiger partial charge is 0.454 e. The van der Waals surface area contributed by atoms with Crippen LogP contribution >= 0.6 is 11.8 Å². The van der Waals surface area contributed by atoms with Crippen molar-refractivity contribution in [3.8, 4) is 23.0 Å². The average Bonchev–Trinajstić information content (AvgIpc) is 3.32. The number of aromatic nitrogens is 2. The molecular weight excluding hydrogens is 366 g/mol. The van der Waals surface area contributed by atoms with E-state index in [0.717, 1.165) is 12.0 Å². The lowest BCUT2D eigenvalue weighted by atomic mass is 9.78. The first-order chi connectivity index (χ1) is 13.1. The molecule has 1 amide bonds. The maximum Gasteiger partial charge on any atom is 0.277 e. The number of rotatable bonds is 5. The standard InChI is InChI=1S/C19H23N3O4S/c1-11-4-3-5-14(12(11)2)20-17(23)9-27-19-22-21-18(26-19)13-6-7-15-16(8-13)25-10-24-15/h6-8,11-12,14H,3-5,9-10H2,1-2H3,(H,20,23)/t11-,12+,14+/m0/s1. The Balaban J connectivity index is 1.32. The molecule has 1 aromatic carbocycles. The van der Waals surface area contributed by atoms with Crippen LogP contribution in [-0.2, 0) is 4.79 Å². The fourth-order valence-corrected chi connectivity index (χ4v) is 4.15. The number of carbonyl (C=O) groups excluding carboxylic acids is 1. The van der Waals surface area contributed by atoms with Crippen molar-refractivity contribution in [2.75, 3.05) is 12.5 Å². The second kappa shape index (κ2) is 7.80. The Hall–Kier alpha value is -2.22. The second-order valence-corrected chi connectivity index (χ2v) is 8.10. The Bertz CT molecular complexity index is 825. The molecule has 2 aliphatic rings. The zero-order valence-electron chi connectivity index (χ0n) is 15.4. The number of carbonyl (C=O) groups is 1. The molecule has 1 saturated carbocycles. The number of hydrogen-bond acceptors (Lipinski definition) is 7. The van der Waals surface area contributed by atoms with Crippen molar-refractivity contribution >= 4 is 17.7 Å². The molecule has 0 saturated heterocycles. The van der Waals surface area contributed by atoms with Gasteiger partial charge in [-0.25, -0.2) is 0 Å². The van der Waals surface area contributed by atoms with Crippen LogP contribution in [0.25, 0.3) is 11.5 Å². The van der Waals surface area contributed by atoms with Crippen molar-refractivity contribution in [3.63, 3.8) is 0 Å². The third kappa shape index (κ3) is 4.05. The molecule has 1 aliphatic heterocycles. The molecule has 2 heterocycles. The molecule has 1 aliphatic carbocycles. The lowest BCUT2D eigenvalue weighted by molar-refractivity contribution is -0.120. The van der Waals surface area contributed by atoms with E-state index < -0.39 is 0 Å². The molecule has 1 aromatic heterocycles. The number of thioether (sulfide) groups is 1. The van der Waals surface area contributed by atoms with Crippen molar-refractivity contribution in [2.24, 2.45) is 11.8 Å². The third-order valence-electron chi connectivity index (χ3n) is 5.41. The van der Waals surface area contributed by atoms with Crippen molar-refractivity contribution in [1.29, 1.82) is 0 Å². The molecule has 7 nitrogen and oxygen atoms in total. The van der Waals surface area contributed by atoms with Crippen LogP contribution in [0.3, 0.4) is 0 Å². The number of amides is 1. The van der Waals surface area contributed by atoms with Crippen LogP contribution < -0.4 is 14.8 Å². The number of nitrogens with one attached hydrogen (secondary N) is 1. The summed E-state index contributed by atoms with van der Waals surface area (Å²) in [5, 5.41) is 11.6. The van der Waals surface area contributed by atoms with E-state index in [1.165, 1.54) is 24.6 Å². The van der Waals surface area contributed by atoms with Gasteiger partial charge in [0, 0.05) is 11.6 Å². The summed E-state index contributed by atoms with van der Waals surface area (Å²) in [4.78, 5) is 12.3. The second-order valence-electron chi connectivity index (χ2n) is 7.17. The Morgan fingerprint density at radius 3 is 2.96 bits per heavy atom. The van der Waals surface area contributed by atoms with Gasteiger partial charge in [-0.1, -0.05) is 38.5 Å². The SMILES string of the molecule is C[C@@H]1[C@@H](C)CCC[C@H]1NC(=O)CSc1nnc(-c2ccc3c(c2)OCO3)o1. The topological polar surface area (TPSA) is 86.5 Å². The van der Waals surface area contributed by atoms with Gasteiger partial charge < -0.3 is 19.2 Å². The van der Waals surface area contributed by atoms with Crippen molar-refractivity contribution in [3.05, 3.63) is 18.2 Å². The minimum Gasteiger partial charge on any atom is -0.454 e. The molecule has 3 atom stereocenters. The molecule has 0 bridgehead atoms. The highest BCUT2D eigenvalue weighted by atomic mass is 32.2. The Morgan fingerprint density at radius 2 is 2.07 bits per heavy atom. The number of benzene rings is 1. The van der Waals surface area contributed by atoms with E-state index in [1.807, 2.05) is 18.2 Å². The summed E-state index contributed by atoms with van der Waals surface area (Å²) >= 11 is 1.25. The molecular formula is C19H23N3O4S. The molecule has 0 radical (unpaired) electrons. The summed E-state index contributed by atoms with van der Waals surface area (Å²) in [7, 11) is 0. The molecule has 1 fully saturated rings. The molecule has 8 heteroatoms. The van der Waals surface area contributed by atoms with Crippen LogP contribution in [0.2, 0.25) is 0 Å². The van der Waals surface area contributed by atoms with Gasteiger partial charge in [0.15, 0.2) is 11.5 Å². The minimum atomic E-state index is 0.00813. The lowest BCUT2D eigenvalue weighted by Gasteiger charge is -2.34. The normalized spacial score (nSPS) is 24.0. The number of nitrogens with zero attached hydrogens (tertiary/aromatic N) is 2. The average molecular weight is 389 g/mol. The molecule has 4 rings (SSSR count). The summed E-state index contributed by atoms with van der Waals surface area (Å²) in [6.07, 6.45) is 3.47. The number of hydrogen-bond donors (Lipinski definition) is 1. The van der Waals surface area contributed by atoms with Crippen LogP contribution in [0.15, 0.2) is 27.8 Å². The van der Waals surface area contributed by atoms with Crippen molar-refractivity contribution < 1.29 is 18.7 Å². The van der Waals surface area contributed by atoms with Crippen LogP contribution in [0, 0.1) is 11.8 Å². The molecule has 0 unspecified atom stereocenters. The molecule has 144 valence electrons. The van der Waals surface area contributed by atoms with E-state index >= 15 is 0 Å². The fraction of sp³-hybridized carbons (Fsp3) is 0.526. The summed E-state index contributed by atoms with van der Waals surface area (Å²) in [5.74, 6) is 3.19. The van der Waals surface area contributed by atoms with Crippen LogP contribution in [0.4, 0.5) is 0 Å². The fourth-order valence-electron chi connectivity index (χ4n) is 3.58. The number of fused-ring (bicyclic) bond motifs is 1. The van der Waals surface area contributed by atoms with Gasteiger partial charge in [-0.3, -0.25) is 4.79 Å². The van der Waals surface area contributed by atoms with E-state index in [4.69, 9.17) is 13.9 Å². The van der Waals surface area contributed by atoms with Gasteiger partial charge in [-0.15, -0.1) is 10.2 Å². The highest BCUT2D eigenvalue weighted by molar-refractivity contribution is 7.99. The molecule has 27 heavy (non-hydrogen) atoms. The Kier molecular flexibility index (Phi) is 5.24. The maximum absolute atomic E-state index is 12.3. The zero-order chi connectivity index (χ0) is 18.8. The molecule has 0 spiro atoms. The highest BCUT2D eigenvalue weighted by Crippen LogP contribution is 2.36. The van der Waals surface area contributed by atoms with E-state index in [1.54, 1.807) is 0 Å². The monoisotopic (exact) mass is 389 g/mol. The summed E-state index contributed by atoms with van der Waals surface area (Å²) in [5.41, 5.74) is 0.757. The van der Waals surface area contributed by atoms with E-state index in [-0.39, 0.29) is 24.5 Å². The molecule has 2 aromatic rings. The Labute approximate surface area is 162 Å². The van der Waals surface area contributed by atoms with Crippen LogP contribution in [0.1, 0.15) is 33.1 Å². The van der Waals surface area contributed by atoms with Crippen molar-refractivity contribution in [1.82, 2.24) is 15.5 Å².